The van der Waals surface area contributed by atoms with E-state index in [1.807, 2.05) is 0 Å². The van der Waals surface area contributed by atoms with E-state index in [0.29, 0.717) is 11.5 Å². The third-order valence-corrected chi connectivity index (χ3v) is 5.16. The van der Waals surface area contributed by atoms with Gasteiger partial charge >= 0.3 is 0 Å². The summed E-state index contributed by atoms with van der Waals surface area (Å²) < 4.78 is 6.17. The minimum atomic E-state index is 0.430. The molecule has 1 saturated carbocycles. The molecule has 1 saturated heterocycles. The number of hydrogen-bond donors (Lipinski definition) is 1. The fourth-order valence-electron chi connectivity index (χ4n) is 4.06. The quantitative estimate of drug-likeness (QED) is 0.667. The Morgan fingerprint density at radius 1 is 1.22 bits per heavy atom. The van der Waals surface area contributed by atoms with Gasteiger partial charge in [0.15, 0.2) is 0 Å². The van der Waals surface area contributed by atoms with Gasteiger partial charge in [0.05, 0.1) is 6.10 Å². The minimum absolute atomic E-state index is 0.430. The van der Waals surface area contributed by atoms with Crippen molar-refractivity contribution in [1.82, 2.24) is 5.32 Å². The summed E-state index contributed by atoms with van der Waals surface area (Å²) in [5, 5.41) is 3.70. The molecule has 2 rings (SSSR count). The molecule has 1 aliphatic heterocycles. The van der Waals surface area contributed by atoms with Gasteiger partial charge in [0.25, 0.3) is 0 Å². The Labute approximate surface area is 113 Å². The molecular weight excluding hydrogens is 222 g/mol. The van der Waals surface area contributed by atoms with E-state index in [9.17, 15) is 0 Å². The fraction of sp³-hybridized carbons (Fsp3) is 1.00. The zero-order chi connectivity index (χ0) is 13.0. The lowest BCUT2D eigenvalue weighted by atomic mass is 9.66. The van der Waals surface area contributed by atoms with Gasteiger partial charge in [-0.3, -0.25) is 0 Å². The van der Waals surface area contributed by atoms with Crippen LogP contribution in [0, 0.1) is 17.3 Å². The number of ether oxygens (including phenoxy) is 1. The number of hydrogen-bond acceptors (Lipinski definition) is 2. The molecule has 0 aromatic rings. The Kier molecular flexibility index (Phi) is 5.08. The van der Waals surface area contributed by atoms with E-state index in [1.165, 1.54) is 45.1 Å². The maximum absolute atomic E-state index is 6.17. The van der Waals surface area contributed by atoms with E-state index in [1.54, 1.807) is 0 Å². The molecule has 18 heavy (non-hydrogen) atoms. The van der Waals surface area contributed by atoms with E-state index in [2.05, 4.69) is 26.1 Å². The van der Waals surface area contributed by atoms with Crippen LogP contribution in [0.3, 0.4) is 0 Å². The second-order valence-corrected chi connectivity index (χ2v) is 6.30. The Morgan fingerprint density at radius 3 is 2.50 bits per heavy atom. The summed E-state index contributed by atoms with van der Waals surface area (Å²) in [4.78, 5) is 0. The van der Waals surface area contributed by atoms with E-state index in [0.717, 1.165) is 25.0 Å². The summed E-state index contributed by atoms with van der Waals surface area (Å²) >= 11 is 0. The summed E-state index contributed by atoms with van der Waals surface area (Å²) in [6.07, 6.45) is 8.46. The van der Waals surface area contributed by atoms with Crippen LogP contribution >= 0.6 is 0 Å². The van der Waals surface area contributed by atoms with Crippen molar-refractivity contribution in [2.75, 3.05) is 19.7 Å². The summed E-state index contributed by atoms with van der Waals surface area (Å²) in [6, 6.07) is 0. The van der Waals surface area contributed by atoms with Crippen molar-refractivity contribution in [3.05, 3.63) is 0 Å². The third-order valence-electron chi connectivity index (χ3n) is 5.16. The zero-order valence-corrected chi connectivity index (χ0v) is 12.5. The highest BCUT2D eigenvalue weighted by Crippen LogP contribution is 2.52. The van der Waals surface area contributed by atoms with Crippen LogP contribution in [-0.4, -0.2) is 25.8 Å². The first-order valence-electron chi connectivity index (χ1n) is 8.10. The molecule has 2 aliphatic rings. The SMILES string of the molecule is CCCNCC1(C(CC)CC)CCOC1C1CC1. The monoisotopic (exact) mass is 253 g/mol. The van der Waals surface area contributed by atoms with Crippen LogP contribution in [0.15, 0.2) is 0 Å². The van der Waals surface area contributed by atoms with Gasteiger partial charge in [-0.1, -0.05) is 33.6 Å². The third kappa shape index (κ3) is 2.75. The predicted octanol–water partition coefficient (Wildman–Crippen LogP) is 3.61. The lowest BCUT2D eigenvalue weighted by Gasteiger charge is -2.41. The normalized spacial score (nSPS) is 32.3. The number of rotatable bonds is 8. The molecule has 1 aliphatic carbocycles. The van der Waals surface area contributed by atoms with E-state index in [-0.39, 0.29) is 0 Å². The zero-order valence-electron chi connectivity index (χ0n) is 12.5. The highest BCUT2D eigenvalue weighted by molar-refractivity contribution is 5.03. The van der Waals surface area contributed by atoms with Gasteiger partial charge in [0, 0.05) is 18.6 Å². The van der Waals surface area contributed by atoms with Gasteiger partial charge in [0.1, 0.15) is 0 Å². The van der Waals surface area contributed by atoms with Crippen molar-refractivity contribution in [3.63, 3.8) is 0 Å². The van der Waals surface area contributed by atoms with Gasteiger partial charge in [-0.15, -0.1) is 0 Å². The molecule has 0 radical (unpaired) electrons. The average molecular weight is 253 g/mol. The van der Waals surface area contributed by atoms with E-state index < -0.39 is 0 Å². The molecular formula is C16H31NO. The first-order valence-corrected chi connectivity index (χ1v) is 8.10. The van der Waals surface area contributed by atoms with Crippen molar-refractivity contribution >= 4 is 0 Å². The lowest BCUT2D eigenvalue weighted by molar-refractivity contribution is -0.00328. The lowest BCUT2D eigenvalue weighted by Crippen LogP contribution is -2.47. The topological polar surface area (TPSA) is 21.3 Å². The highest BCUT2D eigenvalue weighted by Gasteiger charge is 2.53. The van der Waals surface area contributed by atoms with E-state index in [4.69, 9.17) is 4.74 Å². The molecule has 2 nitrogen and oxygen atoms in total. The first kappa shape index (κ1) is 14.3. The minimum Gasteiger partial charge on any atom is -0.377 e. The fourth-order valence-corrected chi connectivity index (χ4v) is 4.06. The molecule has 2 atom stereocenters. The Balaban J connectivity index is 2.09. The smallest absolute Gasteiger partial charge is 0.0675 e. The number of nitrogens with one attached hydrogen (secondary N) is 1. The second kappa shape index (κ2) is 6.38. The predicted molar refractivity (Wildman–Crippen MR) is 76.7 cm³/mol. The van der Waals surface area contributed by atoms with Crippen LogP contribution < -0.4 is 5.32 Å². The van der Waals surface area contributed by atoms with Crippen molar-refractivity contribution in [1.29, 1.82) is 0 Å². The van der Waals surface area contributed by atoms with Gasteiger partial charge in [0.2, 0.25) is 0 Å². The Hall–Kier alpha value is -0.0800. The standard InChI is InChI=1S/C16H31NO/c1-4-10-17-12-16(14(5-2)6-3)9-11-18-15(16)13-7-8-13/h13-15,17H,4-12H2,1-3H3. The molecule has 0 aromatic carbocycles. The van der Waals surface area contributed by atoms with Crippen molar-refractivity contribution in [2.24, 2.45) is 17.3 Å². The first-order chi connectivity index (χ1) is 8.78. The van der Waals surface area contributed by atoms with Crippen LogP contribution in [0.5, 0.6) is 0 Å². The van der Waals surface area contributed by atoms with Crippen LogP contribution in [0.2, 0.25) is 0 Å². The van der Waals surface area contributed by atoms with Crippen LogP contribution in [0.25, 0.3) is 0 Å². The second-order valence-electron chi connectivity index (χ2n) is 6.30. The van der Waals surface area contributed by atoms with Gasteiger partial charge < -0.3 is 10.1 Å². The van der Waals surface area contributed by atoms with Crippen LogP contribution in [0.1, 0.15) is 59.3 Å². The molecule has 2 unspecified atom stereocenters. The van der Waals surface area contributed by atoms with Crippen molar-refractivity contribution < 1.29 is 4.74 Å². The maximum atomic E-state index is 6.17. The molecule has 2 fully saturated rings. The van der Waals surface area contributed by atoms with Gasteiger partial charge in [-0.25, -0.2) is 0 Å². The summed E-state index contributed by atoms with van der Waals surface area (Å²) in [5.41, 5.74) is 0.430. The van der Waals surface area contributed by atoms with Crippen molar-refractivity contribution in [3.8, 4) is 0 Å². The van der Waals surface area contributed by atoms with E-state index >= 15 is 0 Å². The molecule has 0 spiro atoms. The molecule has 0 amide bonds. The van der Waals surface area contributed by atoms with Gasteiger partial charge in [-0.05, 0) is 44.1 Å². The van der Waals surface area contributed by atoms with Crippen molar-refractivity contribution in [2.45, 2.75) is 65.4 Å². The van der Waals surface area contributed by atoms with Gasteiger partial charge in [-0.2, -0.15) is 0 Å². The largest absolute Gasteiger partial charge is 0.377 e. The molecule has 0 aromatic heterocycles. The van der Waals surface area contributed by atoms with Crippen LogP contribution in [0.4, 0.5) is 0 Å². The Morgan fingerprint density at radius 2 is 1.94 bits per heavy atom. The maximum Gasteiger partial charge on any atom is 0.0675 e. The average Bonchev–Trinajstić information content (AvgIpc) is 3.13. The molecule has 0 bridgehead atoms. The summed E-state index contributed by atoms with van der Waals surface area (Å²) in [6.45, 7) is 10.3. The summed E-state index contributed by atoms with van der Waals surface area (Å²) in [7, 11) is 0. The molecule has 106 valence electrons. The molecule has 1 heterocycles. The highest BCUT2D eigenvalue weighted by atomic mass is 16.5. The molecule has 2 heteroatoms. The molecule has 1 N–H and O–H groups in total. The Bertz CT molecular complexity index is 247. The van der Waals surface area contributed by atoms with Crippen LogP contribution in [-0.2, 0) is 4.74 Å². The summed E-state index contributed by atoms with van der Waals surface area (Å²) in [5.74, 6) is 1.70.